The van der Waals surface area contributed by atoms with E-state index in [4.69, 9.17) is 4.74 Å². The summed E-state index contributed by atoms with van der Waals surface area (Å²) in [5.74, 6) is 0. The molecule has 3 fully saturated rings. The number of hydrogen-bond acceptors (Lipinski definition) is 3. The molecule has 0 amide bonds. The molecule has 3 aliphatic rings. The number of hydrogen-bond donors (Lipinski definition) is 1. The van der Waals surface area contributed by atoms with Crippen LogP contribution in [0.3, 0.4) is 0 Å². The van der Waals surface area contributed by atoms with Crippen molar-refractivity contribution in [2.24, 2.45) is 5.41 Å². The number of aliphatic hydroxyl groups excluding tert-OH is 1. The molecular formula is C12H16ClNO2. The molecule has 0 spiro atoms. The van der Waals surface area contributed by atoms with Crippen molar-refractivity contribution in [3.05, 3.63) is 30.1 Å². The third-order valence-electron chi connectivity index (χ3n) is 3.84. The van der Waals surface area contributed by atoms with Crippen LogP contribution in [0.25, 0.3) is 0 Å². The normalized spacial score (nSPS) is 36.1. The van der Waals surface area contributed by atoms with E-state index in [1.165, 1.54) is 5.56 Å². The zero-order valence-corrected chi connectivity index (χ0v) is 9.87. The molecule has 2 aliphatic heterocycles. The third kappa shape index (κ3) is 1.54. The van der Waals surface area contributed by atoms with E-state index in [1.54, 1.807) is 0 Å². The van der Waals surface area contributed by atoms with Crippen molar-refractivity contribution < 1.29 is 9.84 Å². The minimum Gasteiger partial charge on any atom is -0.396 e. The Hall–Kier alpha value is -0.640. The van der Waals surface area contributed by atoms with E-state index >= 15 is 0 Å². The van der Waals surface area contributed by atoms with Gasteiger partial charge in [0.2, 0.25) is 0 Å². The van der Waals surface area contributed by atoms with E-state index in [2.05, 4.69) is 17.1 Å². The number of ether oxygens (including phenoxy) is 1. The zero-order chi connectivity index (χ0) is 10.4. The van der Waals surface area contributed by atoms with Gasteiger partial charge in [0.1, 0.15) is 0 Å². The fourth-order valence-electron chi connectivity index (χ4n) is 3.20. The van der Waals surface area contributed by atoms with Gasteiger partial charge in [-0.2, -0.15) is 0 Å². The van der Waals surface area contributed by atoms with Gasteiger partial charge in [0.05, 0.1) is 19.8 Å². The Labute approximate surface area is 101 Å². The SMILES string of the molecule is Cl.OCC12COCC(c3ccncc3)(C1)C2. The molecular weight excluding hydrogens is 226 g/mol. The predicted molar refractivity (Wildman–Crippen MR) is 62.7 cm³/mol. The Balaban J connectivity index is 0.000000963. The van der Waals surface area contributed by atoms with Gasteiger partial charge in [-0.3, -0.25) is 4.98 Å². The lowest BCUT2D eigenvalue weighted by molar-refractivity contribution is -0.170. The quantitative estimate of drug-likeness (QED) is 0.854. The number of nitrogens with zero attached hydrogens (tertiary/aromatic N) is 1. The minimum atomic E-state index is 0. The van der Waals surface area contributed by atoms with Crippen LogP contribution in [-0.2, 0) is 10.2 Å². The molecule has 0 unspecified atom stereocenters. The van der Waals surface area contributed by atoms with Gasteiger partial charge in [-0.25, -0.2) is 0 Å². The maximum atomic E-state index is 9.36. The van der Waals surface area contributed by atoms with Crippen molar-refractivity contribution in [2.75, 3.05) is 19.8 Å². The van der Waals surface area contributed by atoms with E-state index in [9.17, 15) is 5.11 Å². The Bertz CT molecular complexity index is 363. The molecule has 2 bridgehead atoms. The van der Waals surface area contributed by atoms with Crippen molar-refractivity contribution in [2.45, 2.75) is 18.3 Å². The smallest absolute Gasteiger partial charge is 0.0563 e. The Kier molecular flexibility index (Phi) is 2.95. The summed E-state index contributed by atoms with van der Waals surface area (Å²) in [7, 11) is 0. The summed E-state index contributed by atoms with van der Waals surface area (Å²) in [4.78, 5) is 4.04. The summed E-state index contributed by atoms with van der Waals surface area (Å²) >= 11 is 0. The van der Waals surface area contributed by atoms with Gasteiger partial charge in [0, 0.05) is 23.2 Å². The molecule has 3 heterocycles. The number of halogens is 1. The summed E-state index contributed by atoms with van der Waals surface area (Å²) in [5.41, 5.74) is 1.51. The topological polar surface area (TPSA) is 42.4 Å². The molecule has 1 aliphatic carbocycles. The van der Waals surface area contributed by atoms with Crippen molar-refractivity contribution in [1.29, 1.82) is 0 Å². The van der Waals surface area contributed by atoms with Crippen molar-refractivity contribution >= 4 is 12.4 Å². The molecule has 1 saturated carbocycles. The Morgan fingerprint density at radius 2 is 1.94 bits per heavy atom. The molecule has 0 aromatic carbocycles. The molecule has 3 nitrogen and oxygen atoms in total. The van der Waals surface area contributed by atoms with Crippen molar-refractivity contribution in [3.8, 4) is 0 Å². The lowest BCUT2D eigenvalue weighted by Crippen LogP contribution is -2.60. The van der Waals surface area contributed by atoms with Crippen LogP contribution in [0.4, 0.5) is 0 Å². The highest BCUT2D eigenvalue weighted by molar-refractivity contribution is 5.85. The van der Waals surface area contributed by atoms with Gasteiger partial charge < -0.3 is 9.84 Å². The molecule has 0 atom stereocenters. The van der Waals surface area contributed by atoms with Crippen LogP contribution in [0.5, 0.6) is 0 Å². The van der Waals surface area contributed by atoms with Crippen molar-refractivity contribution in [3.63, 3.8) is 0 Å². The van der Waals surface area contributed by atoms with Crippen LogP contribution < -0.4 is 0 Å². The van der Waals surface area contributed by atoms with Gasteiger partial charge in [-0.05, 0) is 30.5 Å². The Morgan fingerprint density at radius 3 is 2.56 bits per heavy atom. The van der Waals surface area contributed by atoms with Gasteiger partial charge in [-0.15, -0.1) is 12.4 Å². The summed E-state index contributed by atoms with van der Waals surface area (Å²) in [6.45, 7) is 1.76. The van der Waals surface area contributed by atoms with Crippen LogP contribution in [0.1, 0.15) is 18.4 Å². The predicted octanol–water partition coefficient (Wildman–Crippen LogP) is 1.54. The highest BCUT2D eigenvalue weighted by Crippen LogP contribution is 2.58. The van der Waals surface area contributed by atoms with E-state index in [0.717, 1.165) is 26.1 Å². The van der Waals surface area contributed by atoms with Crippen molar-refractivity contribution in [1.82, 2.24) is 4.98 Å². The van der Waals surface area contributed by atoms with E-state index in [0.29, 0.717) is 0 Å². The minimum absolute atomic E-state index is 0. The van der Waals surface area contributed by atoms with Crippen LogP contribution >= 0.6 is 12.4 Å². The molecule has 88 valence electrons. The number of rotatable bonds is 2. The van der Waals surface area contributed by atoms with Crippen LogP contribution in [0.2, 0.25) is 0 Å². The standard InChI is InChI=1S/C12H15NO2.ClH/c14-7-11-5-12(6-11,9-15-8-11)10-1-3-13-4-2-10;/h1-4,14H,5-9H2;1H. The molecule has 1 aromatic rings. The number of pyridine rings is 1. The van der Waals surface area contributed by atoms with Crippen LogP contribution in [0, 0.1) is 5.41 Å². The maximum absolute atomic E-state index is 9.36. The fraction of sp³-hybridized carbons (Fsp3) is 0.583. The second kappa shape index (κ2) is 3.99. The lowest BCUT2D eigenvalue weighted by atomic mass is 9.50. The Morgan fingerprint density at radius 1 is 1.25 bits per heavy atom. The number of fused-ring (bicyclic) bond motifs is 2. The molecule has 4 rings (SSSR count). The van der Waals surface area contributed by atoms with E-state index in [-0.39, 0.29) is 29.8 Å². The van der Waals surface area contributed by atoms with E-state index < -0.39 is 0 Å². The summed E-state index contributed by atoms with van der Waals surface area (Å²) in [6, 6.07) is 4.13. The summed E-state index contributed by atoms with van der Waals surface area (Å²) < 4.78 is 5.60. The zero-order valence-electron chi connectivity index (χ0n) is 9.06. The first kappa shape index (κ1) is 11.8. The first-order valence-electron chi connectivity index (χ1n) is 5.38. The first-order valence-corrected chi connectivity index (χ1v) is 5.38. The lowest BCUT2D eigenvalue weighted by Gasteiger charge is -2.59. The second-order valence-electron chi connectivity index (χ2n) is 5.02. The van der Waals surface area contributed by atoms with Gasteiger partial charge in [0.15, 0.2) is 0 Å². The summed E-state index contributed by atoms with van der Waals surface area (Å²) in [5, 5.41) is 9.36. The average Bonchev–Trinajstić information content (AvgIpc) is 2.29. The molecule has 16 heavy (non-hydrogen) atoms. The fourth-order valence-corrected chi connectivity index (χ4v) is 3.20. The maximum Gasteiger partial charge on any atom is 0.0563 e. The monoisotopic (exact) mass is 241 g/mol. The second-order valence-corrected chi connectivity index (χ2v) is 5.02. The molecule has 1 N–H and O–H groups in total. The van der Waals surface area contributed by atoms with Crippen LogP contribution in [-0.4, -0.2) is 29.9 Å². The highest BCUT2D eigenvalue weighted by atomic mass is 35.5. The van der Waals surface area contributed by atoms with Gasteiger partial charge >= 0.3 is 0 Å². The average molecular weight is 242 g/mol. The van der Waals surface area contributed by atoms with Gasteiger partial charge in [-0.1, -0.05) is 0 Å². The number of aromatic nitrogens is 1. The third-order valence-corrected chi connectivity index (χ3v) is 3.84. The van der Waals surface area contributed by atoms with Crippen LogP contribution in [0.15, 0.2) is 24.5 Å². The van der Waals surface area contributed by atoms with E-state index in [1.807, 2.05) is 12.4 Å². The molecule has 4 heteroatoms. The number of aliphatic hydroxyl groups is 1. The van der Waals surface area contributed by atoms with Gasteiger partial charge in [0.25, 0.3) is 0 Å². The summed E-state index contributed by atoms with van der Waals surface area (Å²) in [6.07, 6.45) is 5.77. The molecule has 2 saturated heterocycles. The largest absolute Gasteiger partial charge is 0.396 e. The highest BCUT2D eigenvalue weighted by Gasteiger charge is 2.58. The first-order chi connectivity index (χ1) is 7.29. The molecule has 0 radical (unpaired) electrons. The molecule has 1 aromatic heterocycles.